The Hall–Kier alpha value is -2.77. The fraction of sp³-hybridized carbons (Fsp3) is 0.435. The summed E-state index contributed by atoms with van der Waals surface area (Å²) in [6.07, 6.45) is 0. The normalized spacial score (nSPS) is 18.5. The van der Waals surface area contributed by atoms with Gasteiger partial charge in [-0.15, -0.1) is 0 Å². The first-order valence-electron chi connectivity index (χ1n) is 10.4. The summed E-state index contributed by atoms with van der Waals surface area (Å²) in [5.74, 6) is 2.24. The van der Waals surface area contributed by atoms with E-state index in [2.05, 4.69) is 18.3 Å². The minimum Gasteiger partial charge on any atom is -0.495 e. The van der Waals surface area contributed by atoms with Crippen molar-refractivity contribution >= 4 is 11.6 Å². The van der Waals surface area contributed by atoms with E-state index < -0.39 is 0 Å². The van der Waals surface area contributed by atoms with Crippen LogP contribution in [0.25, 0.3) is 0 Å². The van der Waals surface area contributed by atoms with Crippen molar-refractivity contribution in [3.05, 3.63) is 47.5 Å². The number of para-hydroxylation sites is 2. The van der Waals surface area contributed by atoms with Crippen molar-refractivity contribution in [2.45, 2.75) is 13.5 Å². The molecule has 7 heteroatoms. The van der Waals surface area contributed by atoms with E-state index in [4.69, 9.17) is 14.2 Å². The van der Waals surface area contributed by atoms with Crippen LogP contribution in [0.15, 0.2) is 36.4 Å². The maximum atomic E-state index is 12.5. The van der Waals surface area contributed by atoms with Crippen molar-refractivity contribution in [1.29, 1.82) is 0 Å². The Morgan fingerprint density at radius 3 is 2.17 bits per heavy atom. The number of methoxy groups -OCH3 is 3. The molecule has 30 heavy (non-hydrogen) atoms. The van der Waals surface area contributed by atoms with Crippen LogP contribution in [0.3, 0.4) is 0 Å². The third-order valence-electron chi connectivity index (χ3n) is 5.74. The summed E-state index contributed by atoms with van der Waals surface area (Å²) in [7, 11) is 4.94. The van der Waals surface area contributed by atoms with Gasteiger partial charge in [0.15, 0.2) is 18.0 Å². The first-order valence-corrected chi connectivity index (χ1v) is 10.4. The molecular formula is C23H33N3O4+2. The highest BCUT2D eigenvalue weighted by Crippen LogP contribution is 2.29. The van der Waals surface area contributed by atoms with Crippen molar-refractivity contribution in [1.82, 2.24) is 0 Å². The summed E-state index contributed by atoms with van der Waals surface area (Å²) < 4.78 is 16.2. The third kappa shape index (κ3) is 5.43. The van der Waals surface area contributed by atoms with Crippen molar-refractivity contribution in [3.63, 3.8) is 0 Å². The van der Waals surface area contributed by atoms with E-state index in [9.17, 15) is 4.79 Å². The Morgan fingerprint density at radius 2 is 1.50 bits per heavy atom. The maximum Gasteiger partial charge on any atom is 0.279 e. The molecule has 1 fully saturated rings. The Morgan fingerprint density at radius 1 is 0.900 bits per heavy atom. The van der Waals surface area contributed by atoms with Gasteiger partial charge < -0.3 is 29.3 Å². The SMILES string of the molecule is COc1ccccc1NC(=O)C[NH+]1CC[NH+](Cc2cc(OC)c(OC)cc2C)CC1. The number of amides is 1. The Labute approximate surface area is 178 Å². The largest absolute Gasteiger partial charge is 0.495 e. The number of carbonyl (C=O) groups is 1. The maximum absolute atomic E-state index is 12.5. The highest BCUT2D eigenvalue weighted by molar-refractivity contribution is 5.92. The number of quaternary nitrogens is 2. The van der Waals surface area contributed by atoms with Gasteiger partial charge in [-0.1, -0.05) is 12.1 Å². The van der Waals surface area contributed by atoms with Crippen LogP contribution in [-0.2, 0) is 11.3 Å². The second kappa shape index (κ2) is 10.3. The van der Waals surface area contributed by atoms with Gasteiger partial charge in [-0.25, -0.2) is 0 Å². The van der Waals surface area contributed by atoms with E-state index in [0.717, 1.165) is 49.9 Å². The number of anilines is 1. The molecule has 0 atom stereocenters. The lowest BCUT2D eigenvalue weighted by molar-refractivity contribution is -1.02. The van der Waals surface area contributed by atoms with Crippen molar-refractivity contribution < 1.29 is 28.8 Å². The van der Waals surface area contributed by atoms with Crippen LogP contribution in [0.1, 0.15) is 11.1 Å². The average Bonchev–Trinajstić information content (AvgIpc) is 2.76. The second-order valence-corrected chi connectivity index (χ2v) is 7.74. The number of aryl methyl sites for hydroxylation is 1. The highest BCUT2D eigenvalue weighted by atomic mass is 16.5. The molecule has 1 heterocycles. The van der Waals surface area contributed by atoms with Crippen LogP contribution < -0.4 is 29.3 Å². The zero-order chi connectivity index (χ0) is 21.5. The van der Waals surface area contributed by atoms with E-state index >= 15 is 0 Å². The predicted octanol–water partition coefficient (Wildman–Crippen LogP) is -0.0571. The molecular weight excluding hydrogens is 382 g/mol. The Balaban J connectivity index is 1.51. The van der Waals surface area contributed by atoms with E-state index in [0.29, 0.717) is 12.3 Å². The van der Waals surface area contributed by atoms with Crippen molar-refractivity contribution in [2.75, 3.05) is 59.4 Å². The number of carbonyl (C=O) groups excluding carboxylic acids is 1. The van der Waals surface area contributed by atoms with Crippen LogP contribution in [-0.4, -0.2) is 60.0 Å². The van der Waals surface area contributed by atoms with Gasteiger partial charge in [-0.3, -0.25) is 4.79 Å². The summed E-state index contributed by atoms with van der Waals surface area (Å²) >= 11 is 0. The fourth-order valence-corrected chi connectivity index (χ4v) is 3.96. The molecule has 2 aromatic rings. The second-order valence-electron chi connectivity index (χ2n) is 7.74. The van der Waals surface area contributed by atoms with Crippen LogP contribution in [0, 0.1) is 6.92 Å². The van der Waals surface area contributed by atoms with E-state index in [1.165, 1.54) is 20.9 Å². The zero-order valence-electron chi connectivity index (χ0n) is 18.3. The molecule has 1 aliphatic rings. The van der Waals surface area contributed by atoms with Gasteiger partial charge in [0.1, 0.15) is 38.5 Å². The highest BCUT2D eigenvalue weighted by Gasteiger charge is 2.26. The molecule has 0 unspecified atom stereocenters. The van der Waals surface area contributed by atoms with Gasteiger partial charge in [0.05, 0.1) is 27.0 Å². The van der Waals surface area contributed by atoms with Gasteiger partial charge in [-0.05, 0) is 36.8 Å². The van der Waals surface area contributed by atoms with E-state index in [1.807, 2.05) is 30.3 Å². The zero-order valence-corrected chi connectivity index (χ0v) is 18.3. The third-order valence-corrected chi connectivity index (χ3v) is 5.74. The van der Waals surface area contributed by atoms with Gasteiger partial charge in [-0.2, -0.15) is 0 Å². The quantitative estimate of drug-likeness (QED) is 0.565. The number of piperazine rings is 1. The Kier molecular flexibility index (Phi) is 7.54. The standard InChI is InChI=1S/C23H31N3O4/c1-17-13-21(29-3)22(30-4)14-18(17)15-25-9-11-26(12-10-25)16-23(27)24-19-7-5-6-8-20(19)28-2/h5-8,13-14H,9-12,15-16H2,1-4H3,(H,24,27)/p+2. The molecule has 162 valence electrons. The van der Waals surface area contributed by atoms with E-state index in [-0.39, 0.29) is 5.91 Å². The Bertz CT molecular complexity index is 864. The summed E-state index contributed by atoms with van der Waals surface area (Å²) in [6, 6.07) is 11.6. The smallest absolute Gasteiger partial charge is 0.279 e. The number of hydrogen-bond acceptors (Lipinski definition) is 4. The molecule has 3 rings (SSSR count). The molecule has 0 saturated carbocycles. The molecule has 3 N–H and O–H groups in total. The summed E-state index contributed by atoms with van der Waals surface area (Å²) in [6.45, 7) is 7.55. The van der Waals surface area contributed by atoms with E-state index in [1.54, 1.807) is 21.3 Å². The molecule has 2 aromatic carbocycles. The minimum absolute atomic E-state index is 0.0219. The number of rotatable bonds is 8. The lowest BCUT2D eigenvalue weighted by Gasteiger charge is -2.30. The average molecular weight is 416 g/mol. The number of nitrogens with one attached hydrogen (secondary N) is 3. The van der Waals surface area contributed by atoms with Gasteiger partial charge in [0.25, 0.3) is 5.91 Å². The van der Waals surface area contributed by atoms with Crippen LogP contribution in [0.5, 0.6) is 17.2 Å². The van der Waals surface area contributed by atoms with Crippen LogP contribution >= 0.6 is 0 Å². The molecule has 0 aromatic heterocycles. The number of benzene rings is 2. The lowest BCUT2D eigenvalue weighted by atomic mass is 10.1. The van der Waals surface area contributed by atoms with Crippen molar-refractivity contribution in [2.24, 2.45) is 0 Å². The predicted molar refractivity (Wildman–Crippen MR) is 116 cm³/mol. The van der Waals surface area contributed by atoms with Crippen LogP contribution in [0.4, 0.5) is 5.69 Å². The molecule has 1 saturated heterocycles. The molecule has 0 bridgehead atoms. The van der Waals surface area contributed by atoms with Gasteiger partial charge >= 0.3 is 0 Å². The molecule has 1 amide bonds. The first kappa shape index (κ1) is 21.9. The van der Waals surface area contributed by atoms with Crippen molar-refractivity contribution in [3.8, 4) is 17.2 Å². The topological polar surface area (TPSA) is 65.7 Å². The van der Waals surface area contributed by atoms with Crippen LogP contribution in [0.2, 0.25) is 0 Å². The van der Waals surface area contributed by atoms with Gasteiger partial charge in [0.2, 0.25) is 0 Å². The fourth-order valence-electron chi connectivity index (χ4n) is 3.96. The number of ether oxygens (including phenoxy) is 3. The first-order chi connectivity index (χ1) is 14.5. The number of hydrogen-bond donors (Lipinski definition) is 3. The minimum atomic E-state index is 0.0219. The summed E-state index contributed by atoms with van der Waals surface area (Å²) in [5, 5.41) is 2.97. The molecule has 1 aliphatic heterocycles. The molecule has 0 radical (unpaired) electrons. The molecule has 0 spiro atoms. The van der Waals surface area contributed by atoms with Gasteiger partial charge in [0, 0.05) is 5.56 Å². The lowest BCUT2D eigenvalue weighted by Crippen LogP contribution is -3.28. The molecule has 0 aliphatic carbocycles. The summed E-state index contributed by atoms with van der Waals surface area (Å²) in [5.41, 5.74) is 3.21. The monoisotopic (exact) mass is 415 g/mol. The molecule has 7 nitrogen and oxygen atoms in total. The summed E-state index contributed by atoms with van der Waals surface area (Å²) in [4.78, 5) is 15.3.